The van der Waals surface area contributed by atoms with Crippen molar-refractivity contribution in [1.82, 2.24) is 5.48 Å². The first-order chi connectivity index (χ1) is 9.74. The van der Waals surface area contributed by atoms with E-state index in [1.807, 2.05) is 42.5 Å². The first-order valence-corrected chi connectivity index (χ1v) is 6.86. The molecule has 0 spiro atoms. The van der Waals surface area contributed by atoms with Crippen LogP contribution in [-0.4, -0.2) is 12.5 Å². The van der Waals surface area contributed by atoms with Gasteiger partial charge in [0.1, 0.15) is 5.75 Å². The lowest BCUT2D eigenvalue weighted by Crippen LogP contribution is -2.28. The Morgan fingerprint density at radius 2 is 1.90 bits per heavy atom. The smallest absolute Gasteiger partial charge is 0.281 e. The van der Waals surface area contributed by atoms with Crippen LogP contribution < -0.4 is 10.2 Å². The van der Waals surface area contributed by atoms with Crippen molar-refractivity contribution in [2.24, 2.45) is 0 Å². The quantitative estimate of drug-likeness (QED) is 0.825. The van der Waals surface area contributed by atoms with Gasteiger partial charge in [-0.15, -0.1) is 0 Å². The third-order valence-electron chi connectivity index (χ3n) is 2.43. The number of hydrogen-bond donors (Lipinski definition) is 1. The van der Waals surface area contributed by atoms with Gasteiger partial charge in [0, 0.05) is 4.47 Å². The van der Waals surface area contributed by atoms with Gasteiger partial charge < -0.3 is 4.74 Å². The largest absolute Gasteiger partial charge is 0.484 e. The molecule has 0 atom stereocenters. The highest BCUT2D eigenvalue weighted by molar-refractivity contribution is 9.10. The molecule has 1 amide bonds. The van der Waals surface area contributed by atoms with Crippen LogP contribution in [0.25, 0.3) is 0 Å². The topological polar surface area (TPSA) is 47.6 Å². The van der Waals surface area contributed by atoms with Crippen molar-refractivity contribution < 1.29 is 14.4 Å². The van der Waals surface area contributed by atoms with E-state index in [1.54, 1.807) is 12.1 Å². The summed E-state index contributed by atoms with van der Waals surface area (Å²) < 4.78 is 6.23. The summed E-state index contributed by atoms with van der Waals surface area (Å²) in [5.41, 5.74) is 3.33. The van der Waals surface area contributed by atoms with E-state index in [0.717, 1.165) is 10.0 Å². The molecule has 2 rings (SSSR count). The SMILES string of the molecule is O=C(COc1cccc(Br)c1)NOCc1ccccc1. The molecule has 0 bridgehead atoms. The summed E-state index contributed by atoms with van der Waals surface area (Å²) in [5.74, 6) is 0.290. The number of benzene rings is 2. The number of nitrogens with one attached hydrogen (secondary N) is 1. The molecule has 2 aromatic carbocycles. The lowest BCUT2D eigenvalue weighted by Gasteiger charge is -2.08. The van der Waals surface area contributed by atoms with Gasteiger partial charge in [0.05, 0.1) is 6.61 Å². The fourth-order valence-corrected chi connectivity index (χ4v) is 1.89. The van der Waals surface area contributed by atoms with Crippen molar-refractivity contribution in [2.45, 2.75) is 6.61 Å². The second-order valence-corrected chi connectivity index (χ2v) is 4.96. The zero-order chi connectivity index (χ0) is 14.2. The van der Waals surface area contributed by atoms with Crippen molar-refractivity contribution in [2.75, 3.05) is 6.61 Å². The third kappa shape index (κ3) is 5.03. The number of hydroxylamine groups is 1. The number of halogens is 1. The number of rotatable bonds is 6. The monoisotopic (exact) mass is 335 g/mol. The second-order valence-electron chi connectivity index (χ2n) is 4.05. The average Bonchev–Trinajstić information content (AvgIpc) is 2.46. The van der Waals surface area contributed by atoms with Crippen LogP contribution >= 0.6 is 15.9 Å². The van der Waals surface area contributed by atoms with Gasteiger partial charge in [-0.25, -0.2) is 5.48 Å². The molecular formula is C15H14BrNO3. The van der Waals surface area contributed by atoms with E-state index in [2.05, 4.69) is 21.4 Å². The Bertz CT molecular complexity index is 560. The van der Waals surface area contributed by atoms with Gasteiger partial charge in [-0.2, -0.15) is 0 Å². The first kappa shape index (κ1) is 14.6. The summed E-state index contributed by atoms with van der Waals surface area (Å²) in [7, 11) is 0. The summed E-state index contributed by atoms with van der Waals surface area (Å²) in [4.78, 5) is 16.6. The molecule has 0 fully saturated rings. The van der Waals surface area contributed by atoms with Gasteiger partial charge in [0.15, 0.2) is 6.61 Å². The van der Waals surface area contributed by atoms with Crippen LogP contribution in [0.1, 0.15) is 5.56 Å². The molecule has 0 unspecified atom stereocenters. The van der Waals surface area contributed by atoms with Crippen molar-refractivity contribution in [3.63, 3.8) is 0 Å². The minimum absolute atomic E-state index is 0.0920. The molecule has 2 aromatic rings. The maximum atomic E-state index is 11.5. The molecule has 0 aliphatic rings. The van der Waals surface area contributed by atoms with Crippen molar-refractivity contribution >= 4 is 21.8 Å². The van der Waals surface area contributed by atoms with E-state index in [0.29, 0.717) is 12.4 Å². The van der Waals surface area contributed by atoms with Crippen LogP contribution in [0.15, 0.2) is 59.1 Å². The molecule has 0 aliphatic carbocycles. The molecule has 0 radical (unpaired) electrons. The Kier molecular flexibility index (Phi) is 5.58. The van der Waals surface area contributed by atoms with Gasteiger partial charge in [-0.3, -0.25) is 9.63 Å². The van der Waals surface area contributed by atoms with Gasteiger partial charge in [-0.1, -0.05) is 52.3 Å². The summed E-state index contributed by atoms with van der Waals surface area (Å²) in [6.45, 7) is 0.231. The Hall–Kier alpha value is -1.85. The highest BCUT2D eigenvalue weighted by atomic mass is 79.9. The van der Waals surface area contributed by atoms with Crippen LogP contribution in [0, 0.1) is 0 Å². The van der Waals surface area contributed by atoms with E-state index in [-0.39, 0.29) is 12.5 Å². The van der Waals surface area contributed by atoms with Gasteiger partial charge >= 0.3 is 0 Å². The Morgan fingerprint density at radius 3 is 2.65 bits per heavy atom. The standard InChI is InChI=1S/C15H14BrNO3/c16-13-7-4-8-14(9-13)19-11-15(18)17-20-10-12-5-2-1-3-6-12/h1-9H,10-11H2,(H,17,18). The lowest BCUT2D eigenvalue weighted by molar-refractivity contribution is -0.136. The number of carbonyl (C=O) groups is 1. The minimum Gasteiger partial charge on any atom is -0.484 e. The van der Waals surface area contributed by atoms with Crippen molar-refractivity contribution in [3.05, 3.63) is 64.6 Å². The van der Waals surface area contributed by atoms with Gasteiger partial charge in [-0.05, 0) is 23.8 Å². The second kappa shape index (κ2) is 7.67. The summed E-state index contributed by atoms with van der Waals surface area (Å²) in [6.07, 6.45) is 0. The van der Waals surface area contributed by atoms with Crippen molar-refractivity contribution in [3.8, 4) is 5.75 Å². The molecule has 0 aromatic heterocycles. The third-order valence-corrected chi connectivity index (χ3v) is 2.93. The Balaban J connectivity index is 1.68. The number of ether oxygens (including phenoxy) is 1. The maximum Gasteiger partial charge on any atom is 0.281 e. The van der Waals surface area contributed by atoms with E-state index < -0.39 is 0 Å². The maximum absolute atomic E-state index is 11.5. The fraction of sp³-hybridized carbons (Fsp3) is 0.133. The summed E-state index contributed by atoms with van der Waals surface area (Å²) in [5, 5.41) is 0. The fourth-order valence-electron chi connectivity index (χ4n) is 1.51. The molecule has 0 saturated heterocycles. The molecule has 1 N–H and O–H groups in total. The van der Waals surface area contributed by atoms with Crippen LogP contribution in [0.4, 0.5) is 0 Å². The van der Waals surface area contributed by atoms with Crippen LogP contribution in [0.3, 0.4) is 0 Å². The molecular weight excluding hydrogens is 322 g/mol. The molecule has 5 heteroatoms. The van der Waals surface area contributed by atoms with E-state index >= 15 is 0 Å². The lowest BCUT2D eigenvalue weighted by atomic mass is 10.2. The highest BCUT2D eigenvalue weighted by Crippen LogP contribution is 2.17. The number of hydrogen-bond acceptors (Lipinski definition) is 3. The molecule has 0 heterocycles. The first-order valence-electron chi connectivity index (χ1n) is 6.07. The number of carbonyl (C=O) groups excluding carboxylic acids is 1. The zero-order valence-electron chi connectivity index (χ0n) is 10.7. The van der Waals surface area contributed by atoms with E-state index in [9.17, 15) is 4.79 Å². The molecule has 20 heavy (non-hydrogen) atoms. The Morgan fingerprint density at radius 1 is 1.10 bits per heavy atom. The number of amides is 1. The van der Waals surface area contributed by atoms with Crippen molar-refractivity contribution in [1.29, 1.82) is 0 Å². The van der Waals surface area contributed by atoms with E-state index in [1.165, 1.54) is 0 Å². The minimum atomic E-state index is -0.332. The zero-order valence-corrected chi connectivity index (χ0v) is 12.3. The summed E-state index contributed by atoms with van der Waals surface area (Å²) >= 11 is 3.33. The van der Waals surface area contributed by atoms with Gasteiger partial charge in [0.25, 0.3) is 5.91 Å². The van der Waals surface area contributed by atoms with Crippen LogP contribution in [0.5, 0.6) is 5.75 Å². The van der Waals surface area contributed by atoms with Crippen LogP contribution in [0.2, 0.25) is 0 Å². The van der Waals surface area contributed by atoms with Crippen LogP contribution in [-0.2, 0) is 16.2 Å². The normalized spacial score (nSPS) is 10.1. The summed E-state index contributed by atoms with van der Waals surface area (Å²) in [6, 6.07) is 16.9. The molecule has 104 valence electrons. The highest BCUT2D eigenvalue weighted by Gasteiger charge is 2.03. The average molecular weight is 336 g/mol. The predicted octanol–water partition coefficient (Wildman–Crippen LogP) is 3.08. The molecule has 0 aliphatic heterocycles. The molecule has 0 saturated carbocycles. The van der Waals surface area contributed by atoms with E-state index in [4.69, 9.17) is 9.57 Å². The Labute approximate surface area is 125 Å². The predicted molar refractivity (Wildman–Crippen MR) is 79.0 cm³/mol. The van der Waals surface area contributed by atoms with Gasteiger partial charge in [0.2, 0.25) is 0 Å². The molecule has 4 nitrogen and oxygen atoms in total.